The Hall–Kier alpha value is -1.69. The number of likely N-dealkylation sites (tertiary alicyclic amines) is 1. The van der Waals surface area contributed by atoms with Crippen LogP contribution >= 0.6 is 11.3 Å². The highest BCUT2D eigenvalue weighted by Gasteiger charge is 2.45. The zero-order valence-corrected chi connectivity index (χ0v) is 14.4. The molecule has 1 fully saturated rings. The lowest BCUT2D eigenvalue weighted by atomic mass is 9.78. The fraction of sp³-hybridized carbons (Fsp3) is 0.562. The van der Waals surface area contributed by atoms with Crippen molar-refractivity contribution in [3.8, 4) is 0 Å². The molecule has 22 heavy (non-hydrogen) atoms. The van der Waals surface area contributed by atoms with Crippen molar-refractivity contribution < 1.29 is 14.7 Å². The molecule has 0 bridgehead atoms. The van der Waals surface area contributed by atoms with Crippen molar-refractivity contribution in [3.63, 3.8) is 0 Å². The lowest BCUT2D eigenvalue weighted by molar-refractivity contribution is -0.254. The van der Waals surface area contributed by atoms with E-state index in [0.29, 0.717) is 18.5 Å². The first kappa shape index (κ1) is 16.7. The van der Waals surface area contributed by atoms with Gasteiger partial charge in [0.2, 0.25) is 5.91 Å². The molecule has 120 valence electrons. The number of rotatable bonds is 2. The lowest BCUT2D eigenvalue weighted by Gasteiger charge is -2.52. The van der Waals surface area contributed by atoms with Crippen LogP contribution in [0.1, 0.15) is 57.1 Å². The van der Waals surface area contributed by atoms with Crippen LogP contribution in [0.4, 0.5) is 5.69 Å². The molecule has 0 spiro atoms. The van der Waals surface area contributed by atoms with E-state index in [9.17, 15) is 14.7 Å². The van der Waals surface area contributed by atoms with Crippen LogP contribution < -0.4 is 5.11 Å². The van der Waals surface area contributed by atoms with E-state index in [2.05, 4.69) is 4.99 Å². The van der Waals surface area contributed by atoms with Crippen LogP contribution in [0.2, 0.25) is 0 Å². The number of hydrogen-bond donors (Lipinski definition) is 0. The maximum absolute atomic E-state index is 12.0. The second-order valence-corrected chi connectivity index (χ2v) is 7.85. The van der Waals surface area contributed by atoms with Crippen LogP contribution in [0.25, 0.3) is 0 Å². The number of piperidine rings is 1. The van der Waals surface area contributed by atoms with Gasteiger partial charge in [-0.25, -0.2) is 0 Å². The van der Waals surface area contributed by atoms with Gasteiger partial charge in [-0.2, -0.15) is 0 Å². The average molecular weight is 321 g/mol. The minimum atomic E-state index is -1.20. The van der Waals surface area contributed by atoms with E-state index < -0.39 is 5.97 Å². The number of carboxylic acids is 1. The highest BCUT2D eigenvalue weighted by Crippen LogP contribution is 2.38. The van der Waals surface area contributed by atoms with Crippen LogP contribution in [0.3, 0.4) is 0 Å². The molecule has 2 heterocycles. The van der Waals surface area contributed by atoms with Gasteiger partial charge in [-0.15, -0.1) is 11.3 Å². The average Bonchev–Trinajstić information content (AvgIpc) is 2.72. The number of hydrogen-bond acceptors (Lipinski definition) is 5. The molecule has 0 atom stereocenters. The molecule has 0 unspecified atom stereocenters. The molecule has 1 aromatic rings. The first-order valence-corrected chi connectivity index (χ1v) is 8.09. The van der Waals surface area contributed by atoms with E-state index in [1.807, 2.05) is 32.6 Å². The van der Waals surface area contributed by atoms with Crippen molar-refractivity contribution in [2.45, 2.75) is 58.5 Å². The fourth-order valence-electron chi connectivity index (χ4n) is 3.68. The van der Waals surface area contributed by atoms with Crippen LogP contribution in [0.15, 0.2) is 16.4 Å². The summed E-state index contributed by atoms with van der Waals surface area (Å²) in [5, 5.41) is 12.8. The third-order valence-electron chi connectivity index (χ3n) is 3.91. The van der Waals surface area contributed by atoms with Crippen LogP contribution in [-0.2, 0) is 4.79 Å². The molecule has 1 aliphatic heterocycles. The first-order chi connectivity index (χ1) is 10.0. The van der Waals surface area contributed by atoms with E-state index in [-0.39, 0.29) is 21.9 Å². The number of nitrogens with zero attached hydrogens (tertiary/aromatic N) is 2. The largest absolute Gasteiger partial charge is 0.544 e. The zero-order chi connectivity index (χ0) is 16.7. The number of aromatic carboxylic acids is 1. The van der Waals surface area contributed by atoms with Gasteiger partial charge >= 0.3 is 0 Å². The smallest absolute Gasteiger partial charge is 0.220 e. The van der Waals surface area contributed by atoms with E-state index in [0.717, 1.165) is 17.0 Å². The van der Waals surface area contributed by atoms with Crippen LogP contribution in [0, 0.1) is 0 Å². The maximum atomic E-state index is 12.0. The Bertz CT molecular complexity index is 624. The lowest BCUT2D eigenvalue weighted by Crippen LogP contribution is -2.62. The summed E-state index contributed by atoms with van der Waals surface area (Å²) in [6.45, 7) is 9.63. The third-order valence-corrected chi connectivity index (χ3v) is 4.79. The summed E-state index contributed by atoms with van der Waals surface area (Å²) >= 11 is 1.12. The van der Waals surface area contributed by atoms with Gasteiger partial charge in [-0.05, 0) is 39.1 Å². The van der Waals surface area contributed by atoms with Crippen molar-refractivity contribution >= 4 is 34.6 Å². The number of aliphatic imine (C=N–C) groups is 1. The van der Waals surface area contributed by atoms with Gasteiger partial charge in [0.25, 0.3) is 0 Å². The predicted molar refractivity (Wildman–Crippen MR) is 85.7 cm³/mol. The molecule has 6 heteroatoms. The van der Waals surface area contributed by atoms with Gasteiger partial charge in [0, 0.05) is 36.6 Å². The van der Waals surface area contributed by atoms with E-state index in [1.165, 1.54) is 0 Å². The second-order valence-electron chi connectivity index (χ2n) is 6.93. The molecule has 1 aliphatic rings. The Morgan fingerprint density at radius 1 is 1.23 bits per heavy atom. The molecule has 0 N–H and O–H groups in total. The molecule has 5 nitrogen and oxygen atoms in total. The minimum Gasteiger partial charge on any atom is -0.544 e. The summed E-state index contributed by atoms with van der Waals surface area (Å²) in [5.74, 6) is -1.16. The number of thiophene rings is 1. The quantitative estimate of drug-likeness (QED) is 0.839. The van der Waals surface area contributed by atoms with E-state index in [4.69, 9.17) is 0 Å². The van der Waals surface area contributed by atoms with Gasteiger partial charge in [0.1, 0.15) is 0 Å². The van der Waals surface area contributed by atoms with Gasteiger partial charge < -0.3 is 14.8 Å². The molecule has 0 aromatic carbocycles. The topological polar surface area (TPSA) is 72.8 Å². The highest BCUT2D eigenvalue weighted by molar-refractivity contribution is 7.12. The Balaban J connectivity index is 2.39. The summed E-state index contributed by atoms with van der Waals surface area (Å²) in [4.78, 5) is 29.7. The Labute approximate surface area is 134 Å². The SMILES string of the molecule is CC(=O)N1C(C)(C)CC(=Nc2ccsc2C(=O)[O-])CC1(C)C. The van der Waals surface area contributed by atoms with E-state index in [1.54, 1.807) is 18.4 Å². The normalized spacial score (nSPS) is 19.9. The van der Waals surface area contributed by atoms with Crippen LogP contribution in [0.5, 0.6) is 0 Å². The molecule has 1 amide bonds. The monoisotopic (exact) mass is 321 g/mol. The Morgan fingerprint density at radius 3 is 2.23 bits per heavy atom. The molecule has 1 saturated heterocycles. The number of carboxylic acid groups (broad SMARTS) is 1. The molecule has 1 aromatic heterocycles. The fourth-order valence-corrected chi connectivity index (χ4v) is 4.35. The standard InChI is InChI=1S/C16H22N2O3S/c1-10(19)18-15(2,3)8-11(9-16(18,4)5)17-12-6-7-22-13(12)14(20)21/h6-7H,8-9H2,1-5H3,(H,20,21)/p-1. The molecule has 0 saturated carbocycles. The number of carbonyl (C=O) groups is 2. The Kier molecular flexibility index (Phi) is 4.17. The van der Waals surface area contributed by atoms with Crippen LogP contribution in [-0.4, -0.2) is 33.6 Å². The summed E-state index contributed by atoms with van der Waals surface area (Å²) < 4.78 is 0. The number of carbonyl (C=O) groups excluding carboxylic acids is 2. The summed E-state index contributed by atoms with van der Waals surface area (Å²) in [7, 11) is 0. The van der Waals surface area contributed by atoms with Crippen molar-refractivity contribution in [3.05, 3.63) is 16.3 Å². The number of amides is 1. The van der Waals surface area contributed by atoms with Crippen molar-refractivity contribution in [2.75, 3.05) is 0 Å². The van der Waals surface area contributed by atoms with Gasteiger partial charge in [-0.1, -0.05) is 0 Å². The summed E-state index contributed by atoms with van der Waals surface area (Å²) in [6.07, 6.45) is 1.25. The Morgan fingerprint density at radius 2 is 1.77 bits per heavy atom. The van der Waals surface area contributed by atoms with Crippen molar-refractivity contribution in [1.82, 2.24) is 4.90 Å². The summed E-state index contributed by atoms with van der Waals surface area (Å²) in [5.41, 5.74) is 0.644. The molecule has 0 radical (unpaired) electrons. The maximum Gasteiger partial charge on any atom is 0.220 e. The van der Waals surface area contributed by atoms with Crippen molar-refractivity contribution in [1.29, 1.82) is 0 Å². The third kappa shape index (κ3) is 3.06. The molecular weight excluding hydrogens is 300 g/mol. The van der Waals surface area contributed by atoms with Gasteiger partial charge in [-0.3, -0.25) is 9.79 Å². The predicted octanol–water partition coefficient (Wildman–Crippen LogP) is 2.38. The molecular formula is C16H21N2O3S-. The molecule has 2 rings (SSSR count). The first-order valence-electron chi connectivity index (χ1n) is 7.21. The highest BCUT2D eigenvalue weighted by atomic mass is 32.1. The zero-order valence-electron chi connectivity index (χ0n) is 13.6. The molecule has 0 aliphatic carbocycles. The van der Waals surface area contributed by atoms with E-state index >= 15 is 0 Å². The summed E-state index contributed by atoms with van der Waals surface area (Å²) in [6, 6.07) is 1.69. The van der Waals surface area contributed by atoms with Gasteiger partial charge in [0.15, 0.2) is 0 Å². The van der Waals surface area contributed by atoms with Crippen molar-refractivity contribution in [2.24, 2.45) is 4.99 Å². The van der Waals surface area contributed by atoms with Gasteiger partial charge in [0.05, 0.1) is 16.5 Å². The second kappa shape index (κ2) is 5.50. The minimum absolute atomic E-state index is 0.0417.